The Kier molecular flexibility index (Phi) is 3.49. The number of hydrogen-bond acceptors (Lipinski definition) is 3. The number of benzene rings is 1. The van der Waals surface area contributed by atoms with Crippen molar-refractivity contribution in [3.05, 3.63) is 35.4 Å². The molecule has 1 fully saturated rings. The first kappa shape index (κ1) is 12.1. The zero-order valence-electron chi connectivity index (χ0n) is 10.2. The topological polar surface area (TPSA) is 41.5 Å². The smallest absolute Gasteiger partial charge is 0.120 e. The van der Waals surface area contributed by atoms with Crippen LogP contribution in [0.2, 0.25) is 0 Å². The first-order valence-electron chi connectivity index (χ1n) is 5.77. The molecular weight excluding hydrogens is 214 g/mol. The van der Waals surface area contributed by atoms with Crippen molar-refractivity contribution in [3.63, 3.8) is 0 Å². The molecule has 0 aliphatic carbocycles. The van der Waals surface area contributed by atoms with Gasteiger partial charge in [0.15, 0.2) is 0 Å². The molecular formula is C14H17NO2. The third kappa shape index (κ3) is 3.57. The van der Waals surface area contributed by atoms with Gasteiger partial charge in [0, 0.05) is 5.56 Å². The van der Waals surface area contributed by atoms with E-state index in [0.717, 1.165) is 18.6 Å². The van der Waals surface area contributed by atoms with Crippen molar-refractivity contribution < 1.29 is 9.94 Å². The molecule has 90 valence electrons. The third-order valence-electron chi connectivity index (χ3n) is 2.54. The molecule has 1 saturated heterocycles. The second-order valence-corrected chi connectivity index (χ2v) is 4.74. The van der Waals surface area contributed by atoms with E-state index in [0.29, 0.717) is 0 Å². The minimum Gasteiger partial charge on any atom is -0.378 e. The maximum absolute atomic E-state index is 9.55. The Morgan fingerprint density at radius 1 is 1.47 bits per heavy atom. The molecule has 3 nitrogen and oxygen atoms in total. The summed E-state index contributed by atoms with van der Waals surface area (Å²) in [5.74, 6) is 5.79. The van der Waals surface area contributed by atoms with Crippen LogP contribution in [0.5, 0.6) is 0 Å². The number of nitrogens with one attached hydrogen (secondary N) is 1. The molecule has 1 aliphatic heterocycles. The normalized spacial score (nSPS) is 19.8. The summed E-state index contributed by atoms with van der Waals surface area (Å²) in [6, 6.07) is 8.26. The Labute approximate surface area is 102 Å². The van der Waals surface area contributed by atoms with Crippen LogP contribution in [0.3, 0.4) is 0 Å². The van der Waals surface area contributed by atoms with Crippen molar-refractivity contribution in [2.24, 2.45) is 0 Å². The summed E-state index contributed by atoms with van der Waals surface area (Å²) < 4.78 is 0. The quantitative estimate of drug-likeness (QED) is 0.724. The molecule has 1 aromatic rings. The lowest BCUT2D eigenvalue weighted by Gasteiger charge is -2.09. The van der Waals surface area contributed by atoms with Gasteiger partial charge in [-0.2, -0.15) is 5.48 Å². The van der Waals surface area contributed by atoms with E-state index in [1.807, 2.05) is 18.2 Å². The summed E-state index contributed by atoms with van der Waals surface area (Å²) in [6.07, 6.45) is 0.975. The van der Waals surface area contributed by atoms with E-state index >= 15 is 0 Å². The lowest BCUT2D eigenvalue weighted by Crippen LogP contribution is -2.14. The Bertz CT molecular complexity index is 445. The average Bonchev–Trinajstić information content (AvgIpc) is 2.79. The van der Waals surface area contributed by atoms with Crippen molar-refractivity contribution in [3.8, 4) is 11.8 Å². The van der Waals surface area contributed by atoms with Gasteiger partial charge >= 0.3 is 0 Å². The van der Waals surface area contributed by atoms with Gasteiger partial charge < -0.3 is 9.94 Å². The first-order chi connectivity index (χ1) is 8.04. The zero-order chi connectivity index (χ0) is 12.3. The van der Waals surface area contributed by atoms with Crippen LogP contribution < -0.4 is 5.48 Å². The number of hydroxylamine groups is 1. The lowest BCUT2D eigenvalue weighted by atomic mass is 10.0. The fourth-order valence-electron chi connectivity index (χ4n) is 1.69. The zero-order valence-corrected chi connectivity index (χ0v) is 10.2. The van der Waals surface area contributed by atoms with Gasteiger partial charge in [-0.3, -0.25) is 0 Å². The Hall–Kier alpha value is -1.34. The minimum absolute atomic E-state index is 0.249. The van der Waals surface area contributed by atoms with Gasteiger partial charge in [-0.05, 0) is 38.0 Å². The number of rotatable bonds is 1. The molecule has 17 heavy (non-hydrogen) atoms. The van der Waals surface area contributed by atoms with E-state index in [4.69, 9.17) is 4.84 Å². The molecule has 0 saturated carbocycles. The van der Waals surface area contributed by atoms with Crippen LogP contribution in [0.1, 0.15) is 37.4 Å². The third-order valence-corrected chi connectivity index (χ3v) is 2.54. The lowest BCUT2D eigenvalue weighted by molar-refractivity contribution is 0.0883. The van der Waals surface area contributed by atoms with Crippen LogP contribution in [-0.2, 0) is 4.84 Å². The monoisotopic (exact) mass is 231 g/mol. The highest BCUT2D eigenvalue weighted by atomic mass is 16.7. The molecule has 1 heterocycles. The molecule has 1 unspecified atom stereocenters. The molecule has 0 amide bonds. The molecule has 3 heteroatoms. The van der Waals surface area contributed by atoms with E-state index in [1.165, 1.54) is 5.56 Å². The van der Waals surface area contributed by atoms with E-state index in [-0.39, 0.29) is 6.04 Å². The Morgan fingerprint density at radius 2 is 2.29 bits per heavy atom. The van der Waals surface area contributed by atoms with Crippen LogP contribution in [0.25, 0.3) is 0 Å². The van der Waals surface area contributed by atoms with Crippen LogP contribution in [0, 0.1) is 11.8 Å². The van der Waals surface area contributed by atoms with Gasteiger partial charge in [0.25, 0.3) is 0 Å². The summed E-state index contributed by atoms with van der Waals surface area (Å²) in [5.41, 5.74) is 4.11. The highest BCUT2D eigenvalue weighted by Crippen LogP contribution is 2.21. The van der Waals surface area contributed by atoms with Crippen molar-refractivity contribution in [2.45, 2.75) is 31.9 Å². The summed E-state index contributed by atoms with van der Waals surface area (Å²) in [4.78, 5) is 5.14. The van der Waals surface area contributed by atoms with E-state index in [1.54, 1.807) is 13.8 Å². The van der Waals surface area contributed by atoms with E-state index in [2.05, 4.69) is 23.4 Å². The number of hydrogen-bond donors (Lipinski definition) is 2. The van der Waals surface area contributed by atoms with Gasteiger partial charge in [-0.15, -0.1) is 0 Å². The molecule has 2 N–H and O–H groups in total. The molecule has 1 aliphatic rings. The highest BCUT2D eigenvalue weighted by Gasteiger charge is 2.16. The van der Waals surface area contributed by atoms with E-state index in [9.17, 15) is 5.11 Å². The Balaban J connectivity index is 2.18. The van der Waals surface area contributed by atoms with Crippen LogP contribution in [0.4, 0.5) is 0 Å². The molecule has 1 atom stereocenters. The fourth-order valence-corrected chi connectivity index (χ4v) is 1.69. The Morgan fingerprint density at radius 3 is 2.94 bits per heavy atom. The van der Waals surface area contributed by atoms with Crippen molar-refractivity contribution in [2.75, 3.05) is 6.61 Å². The van der Waals surface area contributed by atoms with Gasteiger partial charge in [0.05, 0.1) is 12.6 Å². The standard InChI is InChI=1S/C14H17NO2/c1-14(2,16)8-6-11-4-3-5-12(10-11)13-7-9-17-15-13/h3-5,10,13,15-16H,7,9H2,1-2H3. The summed E-state index contributed by atoms with van der Waals surface area (Å²) in [5, 5.41) is 9.55. The van der Waals surface area contributed by atoms with Crippen LogP contribution in [-0.4, -0.2) is 17.3 Å². The van der Waals surface area contributed by atoms with Crippen molar-refractivity contribution in [1.29, 1.82) is 0 Å². The van der Waals surface area contributed by atoms with Gasteiger partial charge in [0.1, 0.15) is 5.60 Å². The predicted molar refractivity (Wildman–Crippen MR) is 66.1 cm³/mol. The van der Waals surface area contributed by atoms with Crippen LogP contribution >= 0.6 is 0 Å². The summed E-state index contributed by atoms with van der Waals surface area (Å²) in [7, 11) is 0. The summed E-state index contributed by atoms with van der Waals surface area (Å²) >= 11 is 0. The predicted octanol–water partition coefficient (Wildman–Crippen LogP) is 1.77. The summed E-state index contributed by atoms with van der Waals surface area (Å²) in [6.45, 7) is 4.09. The molecule has 0 bridgehead atoms. The highest BCUT2D eigenvalue weighted by molar-refractivity contribution is 5.39. The SMILES string of the molecule is CC(C)(O)C#Cc1cccc(C2CCON2)c1. The van der Waals surface area contributed by atoms with Crippen molar-refractivity contribution >= 4 is 0 Å². The van der Waals surface area contributed by atoms with Gasteiger partial charge in [-0.1, -0.05) is 24.0 Å². The van der Waals surface area contributed by atoms with Gasteiger partial charge in [0.2, 0.25) is 0 Å². The molecule has 2 rings (SSSR count). The second-order valence-electron chi connectivity index (χ2n) is 4.74. The largest absolute Gasteiger partial charge is 0.378 e. The molecule has 0 radical (unpaired) electrons. The van der Waals surface area contributed by atoms with Crippen molar-refractivity contribution in [1.82, 2.24) is 5.48 Å². The second kappa shape index (κ2) is 4.89. The minimum atomic E-state index is -0.954. The fraction of sp³-hybridized carbons (Fsp3) is 0.429. The first-order valence-corrected chi connectivity index (χ1v) is 5.77. The number of aliphatic hydroxyl groups is 1. The molecule has 0 aromatic heterocycles. The van der Waals surface area contributed by atoms with Gasteiger partial charge in [-0.25, -0.2) is 0 Å². The molecule has 0 spiro atoms. The molecule has 1 aromatic carbocycles. The van der Waals surface area contributed by atoms with E-state index < -0.39 is 5.60 Å². The van der Waals surface area contributed by atoms with Crippen LogP contribution in [0.15, 0.2) is 24.3 Å². The maximum Gasteiger partial charge on any atom is 0.120 e. The maximum atomic E-state index is 9.55. The average molecular weight is 231 g/mol.